The maximum Gasteiger partial charge on any atom is 0.291 e. The number of carbonyl (C=O) groups is 2. The van der Waals surface area contributed by atoms with Crippen LogP contribution in [0.3, 0.4) is 0 Å². The van der Waals surface area contributed by atoms with Crippen LogP contribution in [-0.4, -0.2) is 31.8 Å². The van der Waals surface area contributed by atoms with E-state index in [9.17, 15) is 9.59 Å². The zero-order valence-electron chi connectivity index (χ0n) is 19.7. The maximum absolute atomic E-state index is 13.8. The molecule has 0 spiro atoms. The number of aromatic nitrogens is 2. The first-order valence-corrected chi connectivity index (χ1v) is 11.5. The lowest BCUT2D eigenvalue weighted by Gasteiger charge is -2.43. The minimum atomic E-state index is -1.08. The summed E-state index contributed by atoms with van der Waals surface area (Å²) in [6.07, 6.45) is 0. The smallest absolute Gasteiger partial charge is 0.291 e. The molecule has 2 heterocycles. The van der Waals surface area contributed by atoms with Crippen LogP contribution in [0.1, 0.15) is 39.8 Å². The van der Waals surface area contributed by atoms with Crippen LogP contribution in [-0.2, 0) is 24.4 Å². The van der Waals surface area contributed by atoms with Gasteiger partial charge in [0.05, 0.1) is 17.6 Å². The highest BCUT2D eigenvalue weighted by Crippen LogP contribution is 2.32. The molecule has 0 aliphatic carbocycles. The highest BCUT2D eigenvalue weighted by atomic mass is 16.2. The summed E-state index contributed by atoms with van der Waals surface area (Å²) < 4.78 is 1.88. The van der Waals surface area contributed by atoms with E-state index in [2.05, 4.69) is 16.4 Å². The quantitative estimate of drug-likeness (QED) is 0.489. The highest BCUT2D eigenvalue weighted by Gasteiger charge is 2.48. The number of imidazole rings is 1. The largest absolute Gasteiger partial charge is 0.350 e. The van der Waals surface area contributed by atoms with Gasteiger partial charge in [-0.3, -0.25) is 9.59 Å². The van der Waals surface area contributed by atoms with E-state index in [-0.39, 0.29) is 11.8 Å². The summed E-state index contributed by atoms with van der Waals surface area (Å²) in [6.45, 7) is 6.97. The van der Waals surface area contributed by atoms with Crippen LogP contribution in [0.25, 0.3) is 11.0 Å². The minimum Gasteiger partial charge on any atom is -0.350 e. The van der Waals surface area contributed by atoms with Crippen LogP contribution >= 0.6 is 0 Å². The summed E-state index contributed by atoms with van der Waals surface area (Å²) >= 11 is 0. The zero-order valence-corrected chi connectivity index (χ0v) is 19.7. The summed E-state index contributed by atoms with van der Waals surface area (Å²) in [5.74, 6) is -0.0490. The van der Waals surface area contributed by atoms with Crippen molar-refractivity contribution in [2.75, 3.05) is 0 Å². The molecular weight excluding hydrogens is 424 g/mol. The van der Waals surface area contributed by atoms with Gasteiger partial charge in [-0.1, -0.05) is 71.8 Å². The molecule has 1 aromatic heterocycles. The molecule has 0 fully saturated rings. The predicted octanol–water partition coefficient (Wildman–Crippen LogP) is 4.38. The third-order valence-corrected chi connectivity index (χ3v) is 6.64. The van der Waals surface area contributed by atoms with E-state index in [4.69, 9.17) is 0 Å². The van der Waals surface area contributed by atoms with Crippen LogP contribution in [0.4, 0.5) is 0 Å². The van der Waals surface area contributed by atoms with Crippen LogP contribution in [0.2, 0.25) is 0 Å². The van der Waals surface area contributed by atoms with Crippen molar-refractivity contribution in [1.29, 1.82) is 0 Å². The Labute approximate surface area is 199 Å². The van der Waals surface area contributed by atoms with Gasteiger partial charge in [-0.25, -0.2) is 4.98 Å². The van der Waals surface area contributed by atoms with Gasteiger partial charge < -0.3 is 14.8 Å². The number of aryl methyl sites for hydroxylation is 2. The maximum atomic E-state index is 13.8. The molecule has 0 saturated heterocycles. The Morgan fingerprint density at radius 2 is 1.74 bits per heavy atom. The van der Waals surface area contributed by atoms with Crippen molar-refractivity contribution in [1.82, 2.24) is 19.8 Å². The number of carbonyl (C=O) groups excluding carboxylic acids is 2. The fraction of sp³-hybridized carbons (Fsp3) is 0.250. The second-order valence-corrected chi connectivity index (χ2v) is 9.33. The average molecular weight is 453 g/mol. The van der Waals surface area contributed by atoms with E-state index in [0.717, 1.165) is 27.7 Å². The topological polar surface area (TPSA) is 67.2 Å². The summed E-state index contributed by atoms with van der Waals surface area (Å²) in [6, 6.07) is 23.8. The predicted molar refractivity (Wildman–Crippen MR) is 132 cm³/mol. The summed E-state index contributed by atoms with van der Waals surface area (Å²) in [5.41, 5.74) is 4.81. The van der Waals surface area contributed by atoms with Gasteiger partial charge in [0.1, 0.15) is 5.54 Å². The normalized spacial score (nSPS) is 17.6. The second-order valence-electron chi connectivity index (χ2n) is 9.33. The van der Waals surface area contributed by atoms with Crippen LogP contribution < -0.4 is 5.32 Å². The summed E-state index contributed by atoms with van der Waals surface area (Å²) in [7, 11) is 0. The number of hydrogen-bond acceptors (Lipinski definition) is 3. The number of rotatable bonds is 5. The lowest BCUT2D eigenvalue weighted by molar-refractivity contribution is -0.133. The molecular formula is C28H28N4O2. The molecule has 5 rings (SSSR count). The Kier molecular flexibility index (Phi) is 5.44. The van der Waals surface area contributed by atoms with Gasteiger partial charge in [-0.05, 0) is 44.0 Å². The fourth-order valence-corrected chi connectivity index (χ4v) is 4.65. The van der Waals surface area contributed by atoms with Gasteiger partial charge in [0.2, 0.25) is 5.91 Å². The zero-order chi connectivity index (χ0) is 23.9. The Hall–Kier alpha value is -3.93. The molecule has 1 unspecified atom stereocenters. The van der Waals surface area contributed by atoms with E-state index in [1.165, 1.54) is 5.56 Å². The number of nitrogens with zero attached hydrogens (tertiary/aromatic N) is 3. The number of amides is 2. The first-order chi connectivity index (χ1) is 16.3. The number of benzene rings is 3. The van der Waals surface area contributed by atoms with Crippen molar-refractivity contribution >= 4 is 22.8 Å². The number of para-hydroxylation sites is 2. The van der Waals surface area contributed by atoms with E-state index >= 15 is 0 Å². The van der Waals surface area contributed by atoms with E-state index < -0.39 is 5.54 Å². The van der Waals surface area contributed by atoms with Gasteiger partial charge in [0.15, 0.2) is 5.82 Å². The molecule has 4 aromatic rings. The molecule has 0 saturated carbocycles. The van der Waals surface area contributed by atoms with E-state index in [1.807, 2.05) is 92.1 Å². The van der Waals surface area contributed by atoms with Crippen LogP contribution in [0.15, 0.2) is 72.8 Å². The Morgan fingerprint density at radius 3 is 2.50 bits per heavy atom. The van der Waals surface area contributed by atoms with Gasteiger partial charge in [-0.2, -0.15) is 0 Å². The molecule has 1 aliphatic heterocycles. The molecule has 6 heteroatoms. The SMILES string of the molecule is Cc1ccc(CNC(=O)C2(C)Cn3c(nc4ccccc43)C(=O)N2Cc2cccc(C)c2)cc1. The molecule has 0 bridgehead atoms. The van der Waals surface area contributed by atoms with Crippen molar-refractivity contribution in [3.05, 3.63) is 101 Å². The molecule has 1 atom stereocenters. The van der Waals surface area contributed by atoms with Gasteiger partial charge in [-0.15, -0.1) is 0 Å². The van der Waals surface area contributed by atoms with Crippen molar-refractivity contribution < 1.29 is 9.59 Å². The lowest BCUT2D eigenvalue weighted by Crippen LogP contribution is -2.63. The van der Waals surface area contributed by atoms with Gasteiger partial charge in [0, 0.05) is 13.1 Å². The molecule has 172 valence electrons. The van der Waals surface area contributed by atoms with Crippen molar-refractivity contribution in [3.8, 4) is 0 Å². The first kappa shape index (κ1) is 21.9. The van der Waals surface area contributed by atoms with Crippen molar-refractivity contribution in [2.45, 2.75) is 45.9 Å². The molecule has 6 nitrogen and oxygen atoms in total. The number of nitrogens with one attached hydrogen (secondary N) is 1. The standard InChI is InChI=1S/C28H28N4O2/c1-19-11-13-21(14-12-19)16-29-27(34)28(3)18-31-24-10-5-4-9-23(24)30-25(31)26(33)32(28)17-22-8-6-7-20(2)15-22/h4-15H,16-18H2,1-3H3,(H,29,34). The van der Waals surface area contributed by atoms with Crippen molar-refractivity contribution in [2.24, 2.45) is 0 Å². The Balaban J connectivity index is 1.52. The Bertz CT molecular complexity index is 1390. The van der Waals surface area contributed by atoms with E-state index in [0.29, 0.717) is 25.5 Å². The second kappa shape index (κ2) is 8.45. The summed E-state index contributed by atoms with van der Waals surface area (Å²) in [4.78, 5) is 33.8. The third-order valence-electron chi connectivity index (χ3n) is 6.64. The van der Waals surface area contributed by atoms with Crippen molar-refractivity contribution in [3.63, 3.8) is 0 Å². The monoisotopic (exact) mass is 452 g/mol. The fourth-order valence-electron chi connectivity index (χ4n) is 4.65. The molecule has 2 amide bonds. The molecule has 34 heavy (non-hydrogen) atoms. The molecule has 1 N–H and O–H groups in total. The van der Waals surface area contributed by atoms with Gasteiger partial charge in [0.25, 0.3) is 5.91 Å². The summed E-state index contributed by atoms with van der Waals surface area (Å²) in [5, 5.41) is 3.08. The number of fused-ring (bicyclic) bond motifs is 3. The molecule has 3 aromatic carbocycles. The van der Waals surface area contributed by atoms with Gasteiger partial charge >= 0.3 is 0 Å². The highest BCUT2D eigenvalue weighted by molar-refractivity contribution is 6.01. The third kappa shape index (κ3) is 3.85. The first-order valence-electron chi connectivity index (χ1n) is 11.5. The molecule has 0 radical (unpaired) electrons. The van der Waals surface area contributed by atoms with Crippen LogP contribution in [0, 0.1) is 13.8 Å². The average Bonchev–Trinajstić information content (AvgIpc) is 3.20. The van der Waals surface area contributed by atoms with E-state index in [1.54, 1.807) is 4.90 Å². The molecule has 1 aliphatic rings. The Morgan fingerprint density at radius 1 is 0.971 bits per heavy atom. The van der Waals surface area contributed by atoms with Crippen LogP contribution in [0.5, 0.6) is 0 Å². The minimum absolute atomic E-state index is 0.183. The number of hydrogen-bond donors (Lipinski definition) is 1. The lowest BCUT2D eigenvalue weighted by atomic mass is 9.94.